The van der Waals surface area contributed by atoms with Gasteiger partial charge in [0, 0.05) is 24.5 Å². The van der Waals surface area contributed by atoms with E-state index in [1.807, 2.05) is 75.4 Å². The molecule has 0 aliphatic carbocycles. The lowest BCUT2D eigenvalue weighted by molar-refractivity contribution is -0.140. The van der Waals surface area contributed by atoms with Crippen molar-refractivity contribution >= 4 is 39.1 Å². The Morgan fingerprint density at radius 3 is 2.11 bits per heavy atom. The van der Waals surface area contributed by atoms with Crippen molar-refractivity contribution in [1.82, 2.24) is 10.2 Å². The minimum Gasteiger partial charge on any atom is -0.354 e. The van der Waals surface area contributed by atoms with E-state index in [9.17, 15) is 18.0 Å². The molecule has 0 aliphatic heterocycles. The molecule has 1 N–H and O–H groups in total. The Kier molecular flexibility index (Phi) is 11.2. The van der Waals surface area contributed by atoms with E-state index < -0.39 is 28.5 Å². The van der Waals surface area contributed by atoms with Crippen LogP contribution in [0.1, 0.15) is 35.6 Å². The van der Waals surface area contributed by atoms with Gasteiger partial charge in [0.05, 0.1) is 10.6 Å². The number of sulfonamides is 1. The molecule has 0 bridgehead atoms. The highest BCUT2D eigenvalue weighted by Crippen LogP contribution is 2.29. The number of halogens is 1. The zero-order chi connectivity index (χ0) is 31.7. The van der Waals surface area contributed by atoms with Gasteiger partial charge in [0.25, 0.3) is 10.0 Å². The van der Waals surface area contributed by atoms with Crippen LogP contribution in [-0.4, -0.2) is 44.3 Å². The maximum absolute atomic E-state index is 14.5. The standard InChI is InChI=1S/C35H38ClN3O4S/c1-4-21-37-35(41)33(22-28-14-7-5-8-15-28)38(24-29-16-12-11-13-26(29)2)34(40)25-39(30-20-19-27(3)32(36)23-30)44(42,43)31-17-9-6-10-18-31/h5-20,23,33H,4,21-22,24-25H2,1-3H3,(H,37,41)/t33-/m1/s1. The van der Waals surface area contributed by atoms with Gasteiger partial charge in [-0.05, 0) is 66.8 Å². The summed E-state index contributed by atoms with van der Waals surface area (Å²) in [7, 11) is -4.19. The van der Waals surface area contributed by atoms with Gasteiger partial charge in [-0.3, -0.25) is 13.9 Å². The van der Waals surface area contributed by atoms with E-state index in [0.29, 0.717) is 11.6 Å². The quantitative estimate of drug-likeness (QED) is 0.187. The molecule has 4 aromatic rings. The summed E-state index contributed by atoms with van der Waals surface area (Å²) in [6.07, 6.45) is 0.989. The summed E-state index contributed by atoms with van der Waals surface area (Å²) in [6, 6.07) is 29.1. The zero-order valence-corrected chi connectivity index (χ0v) is 26.8. The highest BCUT2D eigenvalue weighted by Gasteiger charge is 2.34. The van der Waals surface area contributed by atoms with E-state index in [2.05, 4.69) is 5.32 Å². The molecule has 0 aliphatic rings. The molecule has 44 heavy (non-hydrogen) atoms. The molecule has 4 aromatic carbocycles. The number of amides is 2. The summed E-state index contributed by atoms with van der Waals surface area (Å²) in [5.41, 5.74) is 3.72. The van der Waals surface area contributed by atoms with Crippen molar-refractivity contribution < 1.29 is 18.0 Å². The van der Waals surface area contributed by atoms with Gasteiger partial charge in [-0.1, -0.05) is 97.4 Å². The maximum atomic E-state index is 14.5. The highest BCUT2D eigenvalue weighted by atomic mass is 35.5. The summed E-state index contributed by atoms with van der Waals surface area (Å²) >= 11 is 6.44. The Balaban J connectivity index is 1.81. The number of carbonyl (C=O) groups is 2. The number of hydrogen-bond acceptors (Lipinski definition) is 4. The summed E-state index contributed by atoms with van der Waals surface area (Å²) in [5.74, 6) is -0.814. The molecule has 0 saturated carbocycles. The van der Waals surface area contributed by atoms with Gasteiger partial charge < -0.3 is 10.2 Å². The minimum atomic E-state index is -4.19. The molecule has 4 rings (SSSR count). The van der Waals surface area contributed by atoms with E-state index in [1.54, 1.807) is 36.4 Å². The fourth-order valence-electron chi connectivity index (χ4n) is 4.88. The van der Waals surface area contributed by atoms with Crippen LogP contribution in [-0.2, 0) is 32.6 Å². The van der Waals surface area contributed by atoms with Gasteiger partial charge >= 0.3 is 0 Å². The smallest absolute Gasteiger partial charge is 0.264 e. The first-order valence-corrected chi connectivity index (χ1v) is 16.4. The van der Waals surface area contributed by atoms with E-state index in [0.717, 1.165) is 33.0 Å². The van der Waals surface area contributed by atoms with Crippen molar-refractivity contribution in [2.75, 3.05) is 17.4 Å². The number of nitrogens with one attached hydrogen (secondary N) is 1. The number of aryl methyl sites for hydroxylation is 2. The van der Waals surface area contributed by atoms with Gasteiger partial charge in [-0.15, -0.1) is 0 Å². The second kappa shape index (κ2) is 15.0. The third-order valence-electron chi connectivity index (χ3n) is 7.48. The Morgan fingerprint density at radius 2 is 1.48 bits per heavy atom. The zero-order valence-electron chi connectivity index (χ0n) is 25.2. The molecule has 0 aromatic heterocycles. The van der Waals surface area contributed by atoms with Crippen molar-refractivity contribution in [3.8, 4) is 0 Å². The van der Waals surface area contributed by atoms with Crippen LogP contribution >= 0.6 is 11.6 Å². The number of anilines is 1. The van der Waals surface area contributed by atoms with Gasteiger partial charge in [0.1, 0.15) is 12.6 Å². The molecule has 2 amide bonds. The Labute approximate surface area is 265 Å². The van der Waals surface area contributed by atoms with E-state index in [-0.39, 0.29) is 29.5 Å². The number of carbonyl (C=O) groups excluding carboxylic acids is 2. The van der Waals surface area contributed by atoms with Gasteiger partial charge in [-0.2, -0.15) is 0 Å². The van der Waals surface area contributed by atoms with E-state index in [4.69, 9.17) is 11.6 Å². The second-order valence-electron chi connectivity index (χ2n) is 10.7. The highest BCUT2D eigenvalue weighted by molar-refractivity contribution is 7.92. The topological polar surface area (TPSA) is 86.8 Å². The lowest BCUT2D eigenvalue weighted by Gasteiger charge is -2.34. The molecule has 0 radical (unpaired) electrons. The van der Waals surface area contributed by atoms with E-state index in [1.165, 1.54) is 17.0 Å². The van der Waals surface area contributed by atoms with Crippen LogP contribution in [0.15, 0.2) is 108 Å². The van der Waals surface area contributed by atoms with Crippen LogP contribution in [0.25, 0.3) is 0 Å². The molecule has 0 spiro atoms. The van der Waals surface area contributed by atoms with Gasteiger partial charge in [0.15, 0.2) is 0 Å². The predicted molar refractivity (Wildman–Crippen MR) is 176 cm³/mol. The van der Waals surface area contributed by atoms with Gasteiger partial charge in [0.2, 0.25) is 11.8 Å². The van der Waals surface area contributed by atoms with Crippen molar-refractivity contribution in [2.45, 2.75) is 51.1 Å². The SMILES string of the molecule is CCCNC(=O)[C@@H](Cc1ccccc1)N(Cc1ccccc1C)C(=O)CN(c1ccc(C)c(Cl)c1)S(=O)(=O)c1ccccc1. The lowest BCUT2D eigenvalue weighted by Crippen LogP contribution is -2.53. The fraction of sp³-hybridized carbons (Fsp3) is 0.257. The fourth-order valence-corrected chi connectivity index (χ4v) is 6.48. The molecule has 0 heterocycles. The number of nitrogens with zero attached hydrogens (tertiary/aromatic N) is 2. The second-order valence-corrected chi connectivity index (χ2v) is 13.0. The molecule has 7 nitrogen and oxygen atoms in total. The van der Waals surface area contributed by atoms with E-state index >= 15 is 0 Å². The molecule has 0 unspecified atom stereocenters. The van der Waals surface area contributed by atoms with Crippen LogP contribution < -0.4 is 9.62 Å². The average molecular weight is 632 g/mol. The first-order valence-electron chi connectivity index (χ1n) is 14.6. The Morgan fingerprint density at radius 1 is 0.841 bits per heavy atom. The van der Waals surface area contributed by atoms with Crippen LogP contribution in [0.4, 0.5) is 5.69 Å². The third-order valence-corrected chi connectivity index (χ3v) is 9.67. The van der Waals surface area contributed by atoms with Crippen LogP contribution in [0, 0.1) is 13.8 Å². The van der Waals surface area contributed by atoms with Gasteiger partial charge in [-0.25, -0.2) is 8.42 Å². The van der Waals surface area contributed by atoms with Crippen molar-refractivity contribution in [3.05, 3.63) is 130 Å². The maximum Gasteiger partial charge on any atom is 0.264 e. The first-order chi connectivity index (χ1) is 21.1. The van der Waals surface area contributed by atoms with Crippen LogP contribution in [0.5, 0.6) is 0 Å². The normalized spacial score (nSPS) is 11.9. The Bertz CT molecular complexity index is 1680. The summed E-state index contributed by atoms with van der Waals surface area (Å²) < 4.78 is 29.2. The Hall–Kier alpha value is -4.14. The molecular weight excluding hydrogens is 594 g/mol. The molecule has 1 atom stereocenters. The minimum absolute atomic E-state index is 0.0384. The largest absolute Gasteiger partial charge is 0.354 e. The number of benzene rings is 4. The molecule has 0 saturated heterocycles. The monoisotopic (exact) mass is 631 g/mol. The third kappa shape index (κ3) is 8.07. The number of rotatable bonds is 13. The number of hydrogen-bond donors (Lipinski definition) is 1. The average Bonchev–Trinajstić information content (AvgIpc) is 3.03. The summed E-state index contributed by atoms with van der Waals surface area (Å²) in [5, 5.41) is 3.34. The molecule has 230 valence electrons. The molecular formula is C35H38ClN3O4S. The lowest BCUT2D eigenvalue weighted by atomic mass is 10.0. The van der Waals surface area contributed by atoms with Crippen LogP contribution in [0.3, 0.4) is 0 Å². The van der Waals surface area contributed by atoms with Crippen LogP contribution in [0.2, 0.25) is 5.02 Å². The summed E-state index contributed by atoms with van der Waals surface area (Å²) in [6.45, 7) is 5.77. The first kappa shape index (κ1) is 32.8. The van der Waals surface area contributed by atoms with Crippen molar-refractivity contribution in [1.29, 1.82) is 0 Å². The van der Waals surface area contributed by atoms with Crippen molar-refractivity contribution in [2.24, 2.45) is 0 Å². The van der Waals surface area contributed by atoms with Crippen molar-refractivity contribution in [3.63, 3.8) is 0 Å². The predicted octanol–water partition coefficient (Wildman–Crippen LogP) is 6.32. The molecule has 9 heteroatoms. The summed E-state index contributed by atoms with van der Waals surface area (Å²) in [4.78, 5) is 29.8. The molecule has 0 fully saturated rings.